The molecule has 0 spiro atoms. The number of hydrogen-bond acceptors (Lipinski definition) is 4. The van der Waals surface area contributed by atoms with Gasteiger partial charge in [-0.25, -0.2) is 0 Å². The summed E-state index contributed by atoms with van der Waals surface area (Å²) in [4.78, 5) is 11.6. The standard InChI is InChI=1S/C12H15ClN2O2/c13-9-4-2-8(3-5-9)11-10(14)12(16)17-7-1-6-15-11/h2-5,10-11,15H,1,6-7,14H2/t10-,11+/m0/s1. The van der Waals surface area contributed by atoms with Crippen molar-refractivity contribution in [1.82, 2.24) is 5.32 Å². The quantitative estimate of drug-likeness (QED) is 0.741. The minimum absolute atomic E-state index is 0.222. The van der Waals surface area contributed by atoms with Crippen molar-refractivity contribution < 1.29 is 9.53 Å². The van der Waals surface area contributed by atoms with Gasteiger partial charge in [0.2, 0.25) is 0 Å². The Bertz CT molecular complexity index is 394. The van der Waals surface area contributed by atoms with Gasteiger partial charge in [0.05, 0.1) is 12.6 Å². The summed E-state index contributed by atoms with van der Waals surface area (Å²) in [6.45, 7) is 1.20. The molecule has 1 saturated heterocycles. The van der Waals surface area contributed by atoms with Gasteiger partial charge < -0.3 is 15.8 Å². The number of esters is 1. The van der Waals surface area contributed by atoms with Crippen LogP contribution < -0.4 is 11.1 Å². The van der Waals surface area contributed by atoms with Crippen molar-refractivity contribution in [2.45, 2.75) is 18.5 Å². The Morgan fingerprint density at radius 3 is 2.76 bits per heavy atom. The van der Waals surface area contributed by atoms with Gasteiger partial charge in [0.1, 0.15) is 6.04 Å². The molecule has 0 aromatic heterocycles. The first-order valence-electron chi connectivity index (χ1n) is 5.59. The van der Waals surface area contributed by atoms with Gasteiger partial charge in [0.25, 0.3) is 0 Å². The van der Waals surface area contributed by atoms with Gasteiger partial charge in [-0.05, 0) is 30.7 Å². The van der Waals surface area contributed by atoms with E-state index in [2.05, 4.69) is 5.32 Å². The van der Waals surface area contributed by atoms with Gasteiger partial charge in [0, 0.05) is 5.02 Å². The molecule has 0 bridgehead atoms. The summed E-state index contributed by atoms with van der Waals surface area (Å²) in [6, 6.07) is 6.41. The number of rotatable bonds is 1. The summed E-state index contributed by atoms with van der Waals surface area (Å²) in [6.07, 6.45) is 0.794. The van der Waals surface area contributed by atoms with E-state index < -0.39 is 6.04 Å². The van der Waals surface area contributed by atoms with Crippen molar-refractivity contribution in [3.05, 3.63) is 34.9 Å². The Labute approximate surface area is 105 Å². The topological polar surface area (TPSA) is 64.4 Å². The van der Waals surface area contributed by atoms with Gasteiger partial charge in [-0.3, -0.25) is 4.79 Å². The maximum absolute atomic E-state index is 11.6. The number of halogens is 1. The van der Waals surface area contributed by atoms with Gasteiger partial charge >= 0.3 is 5.97 Å². The van der Waals surface area contributed by atoms with Crippen LogP contribution in [0.2, 0.25) is 5.02 Å². The predicted molar refractivity (Wildman–Crippen MR) is 65.7 cm³/mol. The summed E-state index contributed by atoms with van der Waals surface area (Å²) in [7, 11) is 0. The molecule has 1 aliphatic rings. The predicted octanol–water partition coefficient (Wildman–Crippen LogP) is 1.24. The van der Waals surface area contributed by atoms with Crippen LogP contribution in [0.15, 0.2) is 24.3 Å². The lowest BCUT2D eigenvalue weighted by molar-refractivity contribution is -0.146. The highest BCUT2D eigenvalue weighted by atomic mass is 35.5. The molecule has 17 heavy (non-hydrogen) atoms. The Balaban J connectivity index is 2.21. The van der Waals surface area contributed by atoms with Crippen LogP contribution >= 0.6 is 11.6 Å². The van der Waals surface area contributed by atoms with E-state index in [0.29, 0.717) is 11.6 Å². The minimum atomic E-state index is -0.684. The summed E-state index contributed by atoms with van der Waals surface area (Å²) in [5.74, 6) is -0.364. The lowest BCUT2D eigenvalue weighted by Gasteiger charge is -2.26. The molecule has 5 heteroatoms. The van der Waals surface area contributed by atoms with Crippen LogP contribution in [-0.4, -0.2) is 25.2 Å². The number of hydrogen-bond donors (Lipinski definition) is 2. The summed E-state index contributed by atoms with van der Waals surface area (Å²) >= 11 is 5.83. The highest BCUT2D eigenvalue weighted by Gasteiger charge is 2.28. The fourth-order valence-corrected chi connectivity index (χ4v) is 1.98. The van der Waals surface area contributed by atoms with Crippen molar-refractivity contribution in [2.24, 2.45) is 5.73 Å². The molecule has 1 aromatic carbocycles. The van der Waals surface area contributed by atoms with Crippen molar-refractivity contribution in [3.63, 3.8) is 0 Å². The second-order valence-corrected chi connectivity index (χ2v) is 4.47. The Kier molecular flexibility index (Phi) is 3.99. The maximum atomic E-state index is 11.6. The van der Waals surface area contributed by atoms with E-state index in [1.165, 1.54) is 0 Å². The van der Waals surface area contributed by atoms with Gasteiger partial charge in [0.15, 0.2) is 0 Å². The highest BCUT2D eigenvalue weighted by molar-refractivity contribution is 6.30. The lowest BCUT2D eigenvalue weighted by Crippen LogP contribution is -2.46. The van der Waals surface area contributed by atoms with E-state index in [1.54, 1.807) is 12.1 Å². The van der Waals surface area contributed by atoms with Crippen LogP contribution in [0.3, 0.4) is 0 Å². The third-order valence-electron chi connectivity index (χ3n) is 2.79. The van der Waals surface area contributed by atoms with E-state index >= 15 is 0 Å². The third kappa shape index (κ3) is 2.97. The molecular weight excluding hydrogens is 240 g/mol. The molecule has 4 nitrogen and oxygen atoms in total. The Hall–Kier alpha value is -1.10. The zero-order valence-corrected chi connectivity index (χ0v) is 10.1. The molecule has 0 saturated carbocycles. The second kappa shape index (κ2) is 5.49. The van der Waals surface area contributed by atoms with Crippen molar-refractivity contribution in [1.29, 1.82) is 0 Å². The van der Waals surface area contributed by atoms with E-state index in [4.69, 9.17) is 22.1 Å². The average molecular weight is 255 g/mol. The molecular formula is C12H15ClN2O2. The zero-order valence-electron chi connectivity index (χ0n) is 9.36. The molecule has 1 heterocycles. The molecule has 3 N–H and O–H groups in total. The van der Waals surface area contributed by atoms with E-state index in [-0.39, 0.29) is 12.0 Å². The van der Waals surface area contributed by atoms with Gasteiger partial charge in [-0.1, -0.05) is 23.7 Å². The molecule has 92 valence electrons. The molecule has 1 aliphatic heterocycles. The van der Waals surface area contributed by atoms with E-state index in [1.807, 2.05) is 12.1 Å². The number of carbonyl (C=O) groups is 1. The van der Waals surface area contributed by atoms with Crippen LogP contribution in [0, 0.1) is 0 Å². The first kappa shape index (κ1) is 12.4. The van der Waals surface area contributed by atoms with Crippen LogP contribution in [0.5, 0.6) is 0 Å². The highest BCUT2D eigenvalue weighted by Crippen LogP contribution is 2.20. The fourth-order valence-electron chi connectivity index (χ4n) is 1.86. The van der Waals surface area contributed by atoms with Crippen LogP contribution in [0.1, 0.15) is 18.0 Å². The first-order valence-corrected chi connectivity index (χ1v) is 5.97. The maximum Gasteiger partial charge on any atom is 0.324 e. The minimum Gasteiger partial charge on any atom is -0.464 e. The van der Waals surface area contributed by atoms with Gasteiger partial charge in [-0.15, -0.1) is 0 Å². The molecule has 0 aliphatic carbocycles. The van der Waals surface area contributed by atoms with Crippen molar-refractivity contribution >= 4 is 17.6 Å². The molecule has 1 aromatic rings. The first-order chi connectivity index (χ1) is 8.18. The molecule has 2 atom stereocenters. The zero-order chi connectivity index (χ0) is 12.3. The monoisotopic (exact) mass is 254 g/mol. The summed E-state index contributed by atoms with van der Waals surface area (Å²) in [5.41, 5.74) is 6.84. The van der Waals surface area contributed by atoms with Crippen LogP contribution in [0.25, 0.3) is 0 Å². The molecule has 0 unspecified atom stereocenters. The van der Waals surface area contributed by atoms with Crippen molar-refractivity contribution in [2.75, 3.05) is 13.2 Å². The third-order valence-corrected chi connectivity index (χ3v) is 3.04. The second-order valence-electron chi connectivity index (χ2n) is 4.03. The normalized spacial score (nSPS) is 25.9. The number of nitrogens with two attached hydrogens (primary N) is 1. The smallest absolute Gasteiger partial charge is 0.324 e. The SMILES string of the molecule is N[C@@H]1C(=O)OCCCN[C@@H]1c1ccc(Cl)cc1. The molecule has 0 amide bonds. The Morgan fingerprint density at radius 1 is 1.35 bits per heavy atom. The largest absolute Gasteiger partial charge is 0.464 e. The lowest BCUT2D eigenvalue weighted by atomic mass is 9.99. The van der Waals surface area contributed by atoms with E-state index in [9.17, 15) is 4.79 Å². The summed E-state index contributed by atoms with van der Waals surface area (Å²) in [5, 5.41) is 3.93. The molecule has 0 radical (unpaired) electrons. The molecule has 2 rings (SSSR count). The number of cyclic esters (lactones) is 1. The molecule has 1 fully saturated rings. The Morgan fingerprint density at radius 2 is 2.06 bits per heavy atom. The van der Waals surface area contributed by atoms with Crippen LogP contribution in [-0.2, 0) is 9.53 Å². The van der Waals surface area contributed by atoms with Crippen molar-refractivity contribution in [3.8, 4) is 0 Å². The summed E-state index contributed by atoms with van der Waals surface area (Å²) < 4.78 is 5.04. The van der Waals surface area contributed by atoms with E-state index in [0.717, 1.165) is 18.5 Å². The number of nitrogens with one attached hydrogen (secondary N) is 1. The van der Waals surface area contributed by atoms with Gasteiger partial charge in [-0.2, -0.15) is 0 Å². The number of ether oxygens (including phenoxy) is 1. The fraction of sp³-hybridized carbons (Fsp3) is 0.417. The average Bonchev–Trinajstić information content (AvgIpc) is 2.32. The number of carbonyl (C=O) groups excluding carboxylic acids is 1. The van der Waals surface area contributed by atoms with Crippen LogP contribution in [0.4, 0.5) is 0 Å². The number of benzene rings is 1.